The molecule has 0 saturated heterocycles. The first-order valence-electron chi connectivity index (χ1n) is 8.29. The number of hydrogen-bond acceptors (Lipinski definition) is 8. The lowest BCUT2D eigenvalue weighted by atomic mass is 10.00. The number of aromatic nitrogens is 2. The van der Waals surface area contributed by atoms with Gasteiger partial charge in [0, 0.05) is 24.6 Å². The van der Waals surface area contributed by atoms with Crippen molar-refractivity contribution in [1.29, 1.82) is 0 Å². The molecular formula is C18H20N4O5. The summed E-state index contributed by atoms with van der Waals surface area (Å²) in [6.07, 6.45) is 1.25. The molecule has 3 rings (SSSR count). The van der Waals surface area contributed by atoms with E-state index in [0.717, 1.165) is 16.8 Å². The highest BCUT2D eigenvalue weighted by atomic mass is 16.6. The molecule has 0 aliphatic heterocycles. The van der Waals surface area contributed by atoms with Gasteiger partial charge in [0.15, 0.2) is 0 Å². The number of rotatable bonds is 7. The standard InChI is InChI=1S/C18H20N4O5/c1-10-17(11(2)27-21-10)13-7-14-12(8-16(13)26-4)18(19-5-6-25-3)15(9-20-14)22(23)24/h7-9H,5-6H2,1-4H3,(H,19,20). The summed E-state index contributed by atoms with van der Waals surface area (Å²) in [6, 6.07) is 3.57. The summed E-state index contributed by atoms with van der Waals surface area (Å²) in [4.78, 5) is 15.3. The van der Waals surface area contributed by atoms with Crippen molar-refractivity contribution in [2.45, 2.75) is 13.8 Å². The van der Waals surface area contributed by atoms with Crippen LogP contribution in [0.1, 0.15) is 11.5 Å². The quantitative estimate of drug-likeness (QED) is 0.381. The van der Waals surface area contributed by atoms with E-state index in [1.165, 1.54) is 6.20 Å². The first kappa shape index (κ1) is 18.6. The van der Waals surface area contributed by atoms with Crippen molar-refractivity contribution in [2.75, 3.05) is 32.7 Å². The van der Waals surface area contributed by atoms with Crippen LogP contribution in [-0.4, -0.2) is 42.4 Å². The third-order valence-electron chi connectivity index (χ3n) is 4.28. The molecule has 27 heavy (non-hydrogen) atoms. The van der Waals surface area contributed by atoms with Gasteiger partial charge in [-0.1, -0.05) is 5.16 Å². The number of anilines is 1. The van der Waals surface area contributed by atoms with Crippen molar-refractivity contribution in [3.8, 4) is 16.9 Å². The predicted molar refractivity (Wildman–Crippen MR) is 100 cm³/mol. The van der Waals surface area contributed by atoms with Gasteiger partial charge in [0.2, 0.25) is 0 Å². The zero-order valence-corrected chi connectivity index (χ0v) is 15.5. The van der Waals surface area contributed by atoms with Crippen LogP contribution in [0.25, 0.3) is 22.0 Å². The maximum atomic E-state index is 11.4. The zero-order valence-electron chi connectivity index (χ0n) is 15.5. The molecule has 9 nitrogen and oxygen atoms in total. The molecule has 142 valence electrons. The van der Waals surface area contributed by atoms with Crippen molar-refractivity contribution in [1.82, 2.24) is 10.1 Å². The van der Waals surface area contributed by atoms with Gasteiger partial charge in [-0.2, -0.15) is 0 Å². The zero-order chi connectivity index (χ0) is 19.6. The Morgan fingerprint density at radius 1 is 1.30 bits per heavy atom. The maximum Gasteiger partial charge on any atom is 0.311 e. The number of nitrogens with one attached hydrogen (secondary N) is 1. The number of aryl methyl sites for hydroxylation is 2. The van der Waals surface area contributed by atoms with Crippen LogP contribution in [0.15, 0.2) is 22.9 Å². The van der Waals surface area contributed by atoms with Gasteiger partial charge in [0.05, 0.1) is 35.4 Å². The van der Waals surface area contributed by atoms with E-state index < -0.39 is 4.92 Å². The molecule has 0 saturated carbocycles. The van der Waals surface area contributed by atoms with Crippen molar-refractivity contribution >= 4 is 22.3 Å². The van der Waals surface area contributed by atoms with Crippen molar-refractivity contribution in [3.63, 3.8) is 0 Å². The van der Waals surface area contributed by atoms with Crippen LogP contribution in [0.3, 0.4) is 0 Å². The molecule has 0 unspecified atom stereocenters. The first-order chi connectivity index (χ1) is 13.0. The third-order valence-corrected chi connectivity index (χ3v) is 4.28. The summed E-state index contributed by atoms with van der Waals surface area (Å²) >= 11 is 0. The van der Waals surface area contributed by atoms with E-state index in [-0.39, 0.29) is 5.69 Å². The molecule has 1 aromatic carbocycles. The van der Waals surface area contributed by atoms with Gasteiger partial charge >= 0.3 is 5.69 Å². The minimum atomic E-state index is -0.462. The molecule has 2 heterocycles. The molecule has 0 radical (unpaired) electrons. The Labute approximate surface area is 155 Å². The predicted octanol–water partition coefficient (Wildman–Crippen LogP) is 3.48. The van der Waals surface area contributed by atoms with Gasteiger partial charge in [-0.15, -0.1) is 0 Å². The smallest absolute Gasteiger partial charge is 0.311 e. The van der Waals surface area contributed by atoms with Gasteiger partial charge in [0.25, 0.3) is 0 Å². The number of hydrogen-bond donors (Lipinski definition) is 1. The fourth-order valence-electron chi connectivity index (χ4n) is 3.04. The van der Waals surface area contributed by atoms with E-state index in [1.54, 1.807) is 20.3 Å². The van der Waals surface area contributed by atoms with E-state index in [4.69, 9.17) is 14.0 Å². The minimum Gasteiger partial charge on any atom is -0.496 e. The van der Waals surface area contributed by atoms with Gasteiger partial charge < -0.3 is 19.3 Å². The Morgan fingerprint density at radius 2 is 2.07 bits per heavy atom. The molecule has 0 fully saturated rings. The fourth-order valence-corrected chi connectivity index (χ4v) is 3.04. The highest BCUT2D eigenvalue weighted by molar-refractivity contribution is 5.99. The Morgan fingerprint density at radius 3 is 2.67 bits per heavy atom. The minimum absolute atomic E-state index is 0.106. The molecule has 3 aromatic rings. The van der Waals surface area contributed by atoms with E-state index in [2.05, 4.69) is 15.5 Å². The Balaban J connectivity index is 2.24. The molecule has 1 N–H and O–H groups in total. The summed E-state index contributed by atoms with van der Waals surface area (Å²) in [5.74, 6) is 1.21. The van der Waals surface area contributed by atoms with Gasteiger partial charge in [0.1, 0.15) is 23.4 Å². The van der Waals surface area contributed by atoms with Crippen LogP contribution < -0.4 is 10.1 Å². The number of nitrogens with zero attached hydrogens (tertiary/aromatic N) is 3. The molecule has 0 aliphatic carbocycles. The van der Waals surface area contributed by atoms with Gasteiger partial charge in [-0.05, 0) is 26.0 Å². The van der Waals surface area contributed by atoms with E-state index in [1.807, 2.05) is 19.9 Å². The third kappa shape index (κ3) is 3.41. The molecule has 0 spiro atoms. The van der Waals surface area contributed by atoms with Crippen molar-refractivity contribution in [3.05, 3.63) is 39.9 Å². The van der Waals surface area contributed by atoms with Gasteiger partial charge in [-0.25, -0.2) is 4.98 Å². The van der Waals surface area contributed by atoms with Crippen LogP contribution >= 0.6 is 0 Å². The molecule has 0 amide bonds. The monoisotopic (exact) mass is 372 g/mol. The van der Waals surface area contributed by atoms with E-state index in [0.29, 0.717) is 41.3 Å². The highest BCUT2D eigenvalue weighted by Gasteiger charge is 2.22. The summed E-state index contributed by atoms with van der Waals surface area (Å²) in [5.41, 5.74) is 3.19. The number of methoxy groups -OCH3 is 2. The number of pyridine rings is 1. The summed E-state index contributed by atoms with van der Waals surface area (Å²) < 4.78 is 15.8. The summed E-state index contributed by atoms with van der Waals surface area (Å²) in [6.45, 7) is 4.50. The summed E-state index contributed by atoms with van der Waals surface area (Å²) in [5, 5.41) is 19.1. The average Bonchev–Trinajstić information content (AvgIpc) is 2.98. The average molecular weight is 372 g/mol. The first-order valence-corrected chi connectivity index (χ1v) is 8.29. The molecule has 9 heteroatoms. The molecule has 0 atom stereocenters. The van der Waals surface area contributed by atoms with Crippen LogP contribution in [0, 0.1) is 24.0 Å². The van der Waals surface area contributed by atoms with Gasteiger partial charge in [-0.3, -0.25) is 10.1 Å². The second kappa shape index (κ2) is 7.58. The van der Waals surface area contributed by atoms with Crippen molar-refractivity contribution in [2.24, 2.45) is 0 Å². The number of ether oxygens (including phenoxy) is 2. The van der Waals surface area contributed by atoms with Crippen molar-refractivity contribution < 1.29 is 18.9 Å². The highest BCUT2D eigenvalue weighted by Crippen LogP contribution is 2.40. The lowest BCUT2D eigenvalue weighted by Gasteiger charge is -2.14. The largest absolute Gasteiger partial charge is 0.496 e. The van der Waals surface area contributed by atoms with Crippen LogP contribution in [0.5, 0.6) is 5.75 Å². The molecular weight excluding hydrogens is 352 g/mol. The topological polar surface area (TPSA) is 113 Å². The molecule has 0 aliphatic rings. The Kier molecular flexibility index (Phi) is 5.22. The number of nitro groups is 1. The lowest BCUT2D eigenvalue weighted by molar-refractivity contribution is -0.384. The second-order valence-electron chi connectivity index (χ2n) is 5.96. The Bertz CT molecular complexity index is 980. The second-order valence-corrected chi connectivity index (χ2v) is 5.96. The number of benzene rings is 1. The van der Waals surface area contributed by atoms with Crippen LogP contribution in [0.2, 0.25) is 0 Å². The normalized spacial score (nSPS) is 11.0. The Hall–Kier alpha value is -3.20. The van der Waals surface area contributed by atoms with E-state index >= 15 is 0 Å². The molecule has 2 aromatic heterocycles. The SMILES string of the molecule is COCCNc1c([N+](=O)[O-])cnc2cc(-c3c(C)noc3C)c(OC)cc12. The maximum absolute atomic E-state index is 11.4. The fraction of sp³-hybridized carbons (Fsp3) is 0.333. The van der Waals surface area contributed by atoms with E-state index in [9.17, 15) is 10.1 Å². The molecule has 0 bridgehead atoms. The van der Waals surface area contributed by atoms with Crippen LogP contribution in [0.4, 0.5) is 11.4 Å². The summed E-state index contributed by atoms with van der Waals surface area (Å²) in [7, 11) is 3.12. The van der Waals surface area contributed by atoms with Crippen LogP contribution in [-0.2, 0) is 4.74 Å². The number of fused-ring (bicyclic) bond motifs is 1. The lowest BCUT2D eigenvalue weighted by Crippen LogP contribution is -2.10.